The Morgan fingerprint density at radius 2 is 1.80 bits per heavy atom. The average molecular weight is 305 g/mol. The molecule has 1 aromatic heterocycles. The standard InChI is InChI=1S/C9H5F6NO4/c1-19-7(18)5-6(20-9(13,14)15)4(8(10,11)12)3(17)2-16-5/h2,17H,1H3. The van der Waals surface area contributed by atoms with E-state index in [9.17, 15) is 31.1 Å². The lowest BCUT2D eigenvalue weighted by Gasteiger charge is -2.17. The van der Waals surface area contributed by atoms with Gasteiger partial charge in [0.25, 0.3) is 0 Å². The lowest BCUT2D eigenvalue weighted by Crippen LogP contribution is -2.23. The second kappa shape index (κ2) is 5.06. The number of aromatic nitrogens is 1. The van der Waals surface area contributed by atoms with Crippen LogP contribution in [0.1, 0.15) is 16.1 Å². The maximum absolute atomic E-state index is 12.6. The van der Waals surface area contributed by atoms with E-state index in [2.05, 4.69) is 14.5 Å². The van der Waals surface area contributed by atoms with Crippen LogP contribution in [0.3, 0.4) is 0 Å². The number of rotatable bonds is 2. The highest BCUT2D eigenvalue weighted by Gasteiger charge is 2.44. The van der Waals surface area contributed by atoms with Crippen molar-refractivity contribution in [3.05, 3.63) is 17.5 Å². The number of nitrogens with zero attached hydrogens (tertiary/aromatic N) is 1. The van der Waals surface area contributed by atoms with Gasteiger partial charge in [0.2, 0.25) is 0 Å². The third-order valence-electron chi connectivity index (χ3n) is 1.89. The van der Waals surface area contributed by atoms with Gasteiger partial charge in [-0.25, -0.2) is 9.78 Å². The van der Waals surface area contributed by atoms with Crippen molar-refractivity contribution >= 4 is 5.97 Å². The highest BCUT2D eigenvalue weighted by atomic mass is 19.4. The van der Waals surface area contributed by atoms with Gasteiger partial charge in [0.1, 0.15) is 11.3 Å². The van der Waals surface area contributed by atoms with Crippen LogP contribution in [0.2, 0.25) is 0 Å². The summed E-state index contributed by atoms with van der Waals surface area (Å²) in [5.74, 6) is -5.18. The van der Waals surface area contributed by atoms with Crippen molar-refractivity contribution in [3.63, 3.8) is 0 Å². The molecule has 0 amide bonds. The molecule has 0 saturated heterocycles. The van der Waals surface area contributed by atoms with Crippen molar-refractivity contribution in [1.82, 2.24) is 4.98 Å². The molecule has 0 atom stereocenters. The number of hydrogen-bond donors (Lipinski definition) is 1. The zero-order valence-electron chi connectivity index (χ0n) is 9.46. The molecule has 112 valence electrons. The highest BCUT2D eigenvalue weighted by molar-refractivity contribution is 5.91. The monoisotopic (exact) mass is 305 g/mol. The zero-order chi connectivity index (χ0) is 15.7. The van der Waals surface area contributed by atoms with Gasteiger partial charge in [-0.05, 0) is 0 Å². The van der Waals surface area contributed by atoms with Crippen LogP contribution < -0.4 is 4.74 Å². The van der Waals surface area contributed by atoms with Crippen LogP contribution in [0, 0.1) is 0 Å². The van der Waals surface area contributed by atoms with Crippen molar-refractivity contribution in [2.75, 3.05) is 7.11 Å². The first kappa shape index (κ1) is 15.9. The molecule has 1 aromatic rings. The van der Waals surface area contributed by atoms with Gasteiger partial charge < -0.3 is 14.6 Å². The molecule has 0 fully saturated rings. The van der Waals surface area contributed by atoms with Crippen molar-refractivity contribution in [1.29, 1.82) is 0 Å². The summed E-state index contributed by atoms with van der Waals surface area (Å²) in [6.07, 6.45) is -10.8. The predicted molar refractivity (Wildman–Crippen MR) is 48.9 cm³/mol. The number of esters is 1. The number of carbonyl (C=O) groups excluding carboxylic acids is 1. The Bertz CT molecular complexity index is 524. The normalized spacial score (nSPS) is 12.2. The molecule has 5 nitrogen and oxygen atoms in total. The summed E-state index contributed by atoms with van der Waals surface area (Å²) in [5.41, 5.74) is -3.54. The van der Waals surface area contributed by atoms with E-state index in [-0.39, 0.29) is 6.20 Å². The van der Waals surface area contributed by atoms with E-state index < -0.39 is 41.3 Å². The summed E-state index contributed by atoms with van der Waals surface area (Å²) in [4.78, 5) is 14.1. The van der Waals surface area contributed by atoms with Gasteiger partial charge in [-0.1, -0.05) is 0 Å². The van der Waals surface area contributed by atoms with E-state index >= 15 is 0 Å². The average Bonchev–Trinajstić information content (AvgIpc) is 2.24. The molecule has 0 radical (unpaired) electrons. The summed E-state index contributed by atoms with van der Waals surface area (Å²) in [5, 5.41) is 9.02. The topological polar surface area (TPSA) is 68.7 Å². The number of methoxy groups -OCH3 is 1. The summed E-state index contributed by atoms with van der Waals surface area (Å²) in [6.45, 7) is 0. The van der Waals surface area contributed by atoms with Crippen molar-refractivity contribution in [2.24, 2.45) is 0 Å². The number of aromatic hydroxyl groups is 1. The minimum absolute atomic E-state index is 0.165. The van der Waals surface area contributed by atoms with E-state index in [0.29, 0.717) is 0 Å². The molecular formula is C9H5F6NO4. The van der Waals surface area contributed by atoms with Crippen molar-refractivity contribution in [3.8, 4) is 11.5 Å². The summed E-state index contributed by atoms with van der Waals surface area (Å²) >= 11 is 0. The number of pyridine rings is 1. The van der Waals surface area contributed by atoms with Crippen LogP contribution in [-0.2, 0) is 10.9 Å². The van der Waals surface area contributed by atoms with Gasteiger partial charge in [0, 0.05) is 0 Å². The van der Waals surface area contributed by atoms with Crippen LogP contribution >= 0.6 is 0 Å². The number of hydrogen-bond acceptors (Lipinski definition) is 5. The van der Waals surface area contributed by atoms with Crippen molar-refractivity contribution in [2.45, 2.75) is 12.5 Å². The SMILES string of the molecule is COC(=O)c1ncc(O)c(C(F)(F)F)c1OC(F)(F)F. The minimum Gasteiger partial charge on any atom is -0.506 e. The number of carbonyl (C=O) groups is 1. The minimum atomic E-state index is -5.53. The molecule has 0 bridgehead atoms. The summed E-state index contributed by atoms with van der Waals surface area (Å²) in [6, 6.07) is 0. The second-order valence-electron chi connectivity index (χ2n) is 3.23. The Morgan fingerprint density at radius 3 is 2.20 bits per heavy atom. The molecular weight excluding hydrogens is 300 g/mol. The summed E-state index contributed by atoms with van der Waals surface area (Å²) < 4.78 is 81.5. The largest absolute Gasteiger partial charge is 0.573 e. The van der Waals surface area contributed by atoms with Gasteiger partial charge in [-0.2, -0.15) is 13.2 Å². The fraction of sp³-hybridized carbons (Fsp3) is 0.333. The fourth-order valence-corrected chi connectivity index (χ4v) is 1.21. The molecule has 0 unspecified atom stereocenters. The van der Waals surface area contributed by atoms with E-state index in [4.69, 9.17) is 5.11 Å². The van der Waals surface area contributed by atoms with Crippen LogP contribution in [0.5, 0.6) is 11.5 Å². The summed E-state index contributed by atoms with van der Waals surface area (Å²) in [7, 11) is 0.724. The Balaban J connectivity index is 3.60. The maximum atomic E-state index is 12.6. The van der Waals surface area contributed by atoms with Crippen LogP contribution in [-0.4, -0.2) is 29.5 Å². The molecule has 0 aliphatic heterocycles. The quantitative estimate of drug-likeness (QED) is 0.671. The second-order valence-corrected chi connectivity index (χ2v) is 3.23. The first-order valence-electron chi connectivity index (χ1n) is 4.60. The molecule has 0 aliphatic rings. The lowest BCUT2D eigenvalue weighted by atomic mass is 10.1. The molecule has 1 rings (SSSR count). The van der Waals surface area contributed by atoms with Gasteiger partial charge in [0.15, 0.2) is 11.4 Å². The highest BCUT2D eigenvalue weighted by Crippen LogP contribution is 2.44. The Morgan fingerprint density at radius 1 is 1.25 bits per heavy atom. The first-order chi connectivity index (χ1) is 8.97. The molecule has 1 heterocycles. The zero-order valence-corrected chi connectivity index (χ0v) is 9.46. The van der Waals surface area contributed by atoms with E-state index in [1.54, 1.807) is 0 Å². The predicted octanol–water partition coefficient (Wildman–Crippen LogP) is 2.49. The lowest BCUT2D eigenvalue weighted by molar-refractivity contribution is -0.276. The van der Waals surface area contributed by atoms with E-state index in [1.165, 1.54) is 0 Å². The molecule has 0 aliphatic carbocycles. The van der Waals surface area contributed by atoms with E-state index in [0.717, 1.165) is 7.11 Å². The van der Waals surface area contributed by atoms with Crippen LogP contribution in [0.4, 0.5) is 26.3 Å². The van der Waals surface area contributed by atoms with Gasteiger partial charge in [0.05, 0.1) is 13.3 Å². The van der Waals surface area contributed by atoms with Gasteiger partial charge in [-0.3, -0.25) is 0 Å². The molecule has 20 heavy (non-hydrogen) atoms. The molecule has 11 heteroatoms. The smallest absolute Gasteiger partial charge is 0.506 e. The van der Waals surface area contributed by atoms with Gasteiger partial charge >= 0.3 is 18.5 Å². The molecule has 0 saturated carbocycles. The van der Waals surface area contributed by atoms with E-state index in [1.807, 2.05) is 0 Å². The Hall–Kier alpha value is -2.20. The Kier molecular flexibility index (Phi) is 4.01. The van der Waals surface area contributed by atoms with Gasteiger partial charge in [-0.15, -0.1) is 13.2 Å². The number of ether oxygens (including phenoxy) is 2. The number of halogens is 6. The van der Waals surface area contributed by atoms with Crippen molar-refractivity contribution < 1.29 is 45.7 Å². The molecule has 1 N–H and O–H groups in total. The third-order valence-corrected chi connectivity index (χ3v) is 1.89. The number of alkyl halides is 6. The molecule has 0 spiro atoms. The maximum Gasteiger partial charge on any atom is 0.573 e. The fourth-order valence-electron chi connectivity index (χ4n) is 1.21. The first-order valence-corrected chi connectivity index (χ1v) is 4.60. The third kappa shape index (κ3) is 3.42. The van der Waals surface area contributed by atoms with Crippen LogP contribution in [0.15, 0.2) is 6.20 Å². The Labute approximate surface area is 106 Å². The molecule has 0 aromatic carbocycles. The van der Waals surface area contributed by atoms with Crippen LogP contribution in [0.25, 0.3) is 0 Å².